The van der Waals surface area contributed by atoms with Gasteiger partial charge in [-0.1, -0.05) is 36.4 Å². The molecule has 1 atom stereocenters. The van der Waals surface area contributed by atoms with Crippen molar-refractivity contribution in [3.63, 3.8) is 0 Å². The van der Waals surface area contributed by atoms with Gasteiger partial charge < -0.3 is 0 Å². The van der Waals surface area contributed by atoms with Crippen LogP contribution in [0.1, 0.15) is 42.7 Å². The normalized spacial score (nSPS) is 23.5. The van der Waals surface area contributed by atoms with Gasteiger partial charge in [-0.15, -0.1) is 0 Å². The zero-order valence-corrected chi connectivity index (χ0v) is 13.1. The third kappa shape index (κ3) is 3.86. The fourth-order valence-electron chi connectivity index (χ4n) is 2.87. The van der Waals surface area contributed by atoms with Gasteiger partial charge in [-0.05, 0) is 43.4 Å². The van der Waals surface area contributed by atoms with Gasteiger partial charge in [0, 0.05) is 5.92 Å². The largest absolute Gasteiger partial charge is 0.416 e. The van der Waals surface area contributed by atoms with Gasteiger partial charge in [0.25, 0.3) is 0 Å². The average molecular weight is 330 g/mol. The summed E-state index contributed by atoms with van der Waals surface area (Å²) in [6, 6.07) is 8.98. The number of nitriles is 2. The van der Waals surface area contributed by atoms with Crippen LogP contribution in [0.25, 0.3) is 0 Å². The first-order valence-corrected chi connectivity index (χ1v) is 7.72. The van der Waals surface area contributed by atoms with Crippen molar-refractivity contribution >= 4 is 0 Å². The molecule has 0 heterocycles. The monoisotopic (exact) mass is 330 g/mol. The number of rotatable bonds is 1. The summed E-state index contributed by atoms with van der Waals surface area (Å²) in [5.74, 6) is -0.478. The number of nitrogens with zero attached hydrogens (tertiary/aromatic N) is 2. The van der Waals surface area contributed by atoms with Crippen LogP contribution in [0, 0.1) is 28.1 Å². The van der Waals surface area contributed by atoms with Crippen molar-refractivity contribution in [2.45, 2.75) is 37.8 Å². The second-order valence-electron chi connectivity index (χ2n) is 5.83. The van der Waals surface area contributed by atoms with Crippen molar-refractivity contribution in [1.82, 2.24) is 0 Å². The lowest BCUT2D eigenvalue weighted by molar-refractivity contribution is -0.137. The maximum absolute atomic E-state index is 12.7. The van der Waals surface area contributed by atoms with E-state index in [0.717, 1.165) is 25.0 Å². The van der Waals surface area contributed by atoms with E-state index in [9.17, 15) is 23.7 Å². The highest BCUT2D eigenvalue weighted by Gasteiger charge is 2.39. The number of benzene rings is 1. The van der Waals surface area contributed by atoms with Crippen LogP contribution in [0.15, 0.2) is 48.6 Å². The molecule has 0 saturated heterocycles. The fraction of sp³-hybridized carbons (Fsp3) is 0.368. The molecule has 0 N–H and O–H groups in total. The summed E-state index contributed by atoms with van der Waals surface area (Å²) < 4.78 is 38.2. The number of hydrogen-bond donors (Lipinski definition) is 0. The Kier molecular flexibility index (Phi) is 5.46. The van der Waals surface area contributed by atoms with Crippen LogP contribution in [0.5, 0.6) is 0 Å². The van der Waals surface area contributed by atoms with Crippen LogP contribution in [0.4, 0.5) is 13.2 Å². The van der Waals surface area contributed by atoms with Gasteiger partial charge in [-0.25, -0.2) is 0 Å². The molecule has 0 spiro atoms. The van der Waals surface area contributed by atoms with Gasteiger partial charge in [-0.3, -0.25) is 0 Å². The Morgan fingerprint density at radius 3 is 2.04 bits per heavy atom. The van der Waals surface area contributed by atoms with E-state index in [1.54, 1.807) is 0 Å². The number of allylic oxidation sites excluding steroid dienone is 4. The topological polar surface area (TPSA) is 47.6 Å². The first-order chi connectivity index (χ1) is 11.4. The summed E-state index contributed by atoms with van der Waals surface area (Å²) in [4.78, 5) is 0. The summed E-state index contributed by atoms with van der Waals surface area (Å²) in [7, 11) is 0. The first kappa shape index (κ1) is 17.8. The zero-order valence-electron chi connectivity index (χ0n) is 13.1. The fourth-order valence-corrected chi connectivity index (χ4v) is 2.87. The van der Waals surface area contributed by atoms with Gasteiger partial charge in [0.15, 0.2) is 5.41 Å². The first-order valence-electron chi connectivity index (χ1n) is 7.72. The number of halogens is 3. The van der Waals surface area contributed by atoms with Crippen molar-refractivity contribution in [2.75, 3.05) is 0 Å². The molecule has 1 aliphatic rings. The van der Waals surface area contributed by atoms with Crippen LogP contribution in [0.3, 0.4) is 0 Å². The van der Waals surface area contributed by atoms with E-state index in [1.807, 2.05) is 24.3 Å². The van der Waals surface area contributed by atoms with Crippen LogP contribution in [-0.2, 0) is 6.18 Å². The molecule has 0 fully saturated rings. The van der Waals surface area contributed by atoms with Crippen molar-refractivity contribution in [3.05, 3.63) is 59.7 Å². The third-order valence-electron chi connectivity index (χ3n) is 4.28. The van der Waals surface area contributed by atoms with Crippen LogP contribution in [0.2, 0.25) is 0 Å². The molecule has 5 heteroatoms. The highest BCUT2D eigenvalue weighted by Crippen LogP contribution is 2.42. The van der Waals surface area contributed by atoms with E-state index in [0.29, 0.717) is 12.0 Å². The van der Waals surface area contributed by atoms with Gasteiger partial charge >= 0.3 is 6.18 Å². The van der Waals surface area contributed by atoms with Crippen molar-refractivity contribution in [2.24, 2.45) is 5.41 Å². The lowest BCUT2D eigenvalue weighted by Gasteiger charge is -2.28. The second-order valence-corrected chi connectivity index (χ2v) is 5.83. The summed E-state index contributed by atoms with van der Waals surface area (Å²) in [6.45, 7) is 0. The summed E-state index contributed by atoms with van der Waals surface area (Å²) in [5.41, 5.74) is -1.46. The maximum Gasteiger partial charge on any atom is 0.416 e. The molecule has 1 aromatic carbocycles. The Balaban J connectivity index is 2.44. The van der Waals surface area contributed by atoms with E-state index < -0.39 is 23.1 Å². The molecule has 1 unspecified atom stereocenters. The molecular weight excluding hydrogens is 313 g/mol. The Bertz CT molecular complexity index is 686. The number of hydrogen-bond acceptors (Lipinski definition) is 2. The zero-order chi connectivity index (χ0) is 17.6. The smallest absolute Gasteiger partial charge is 0.197 e. The SMILES string of the molecule is N#CC1(C#N)C/C=C/CC/C=C/CC1c1ccc(C(F)(F)F)cc1. The minimum atomic E-state index is -4.40. The van der Waals surface area contributed by atoms with E-state index in [-0.39, 0.29) is 6.42 Å². The summed E-state index contributed by atoms with van der Waals surface area (Å²) in [5, 5.41) is 19.3. The quantitative estimate of drug-likeness (QED) is 0.637. The molecule has 2 nitrogen and oxygen atoms in total. The molecule has 0 aliphatic heterocycles. The van der Waals surface area contributed by atoms with E-state index >= 15 is 0 Å². The lowest BCUT2D eigenvalue weighted by atomic mass is 9.70. The van der Waals surface area contributed by atoms with E-state index in [4.69, 9.17) is 0 Å². The number of alkyl halides is 3. The predicted octanol–water partition coefficient (Wildman–Crippen LogP) is 5.51. The molecule has 0 radical (unpaired) electrons. The molecule has 124 valence electrons. The van der Waals surface area contributed by atoms with Crippen molar-refractivity contribution in [3.8, 4) is 12.1 Å². The summed E-state index contributed by atoms with van der Waals surface area (Å²) >= 11 is 0. The Morgan fingerprint density at radius 1 is 0.917 bits per heavy atom. The molecule has 0 amide bonds. The van der Waals surface area contributed by atoms with Gasteiger partial charge in [0.2, 0.25) is 0 Å². The molecule has 2 rings (SSSR count). The van der Waals surface area contributed by atoms with E-state index in [1.165, 1.54) is 12.1 Å². The lowest BCUT2D eigenvalue weighted by Crippen LogP contribution is -2.25. The van der Waals surface area contributed by atoms with Gasteiger partial charge in [0.05, 0.1) is 17.7 Å². The standard InChI is InChI=1S/C19H17F3N2/c20-19(21,22)16-10-8-15(9-11-16)17-7-5-3-1-2-4-6-12-18(17,13-23)14-24/h3-6,8-11,17H,1-2,7,12H2/b5-3+,6-4+. The molecule has 1 aliphatic carbocycles. The maximum atomic E-state index is 12.7. The molecule has 24 heavy (non-hydrogen) atoms. The van der Waals surface area contributed by atoms with Crippen LogP contribution >= 0.6 is 0 Å². The van der Waals surface area contributed by atoms with E-state index in [2.05, 4.69) is 12.1 Å². The Labute approximate surface area is 139 Å². The van der Waals surface area contributed by atoms with Crippen molar-refractivity contribution < 1.29 is 13.2 Å². The molecule has 1 aromatic rings. The van der Waals surface area contributed by atoms with Gasteiger partial charge in [-0.2, -0.15) is 23.7 Å². The van der Waals surface area contributed by atoms with Gasteiger partial charge in [0.1, 0.15) is 0 Å². The predicted molar refractivity (Wildman–Crippen MR) is 84.6 cm³/mol. The molecule has 0 saturated carbocycles. The Hall–Kier alpha value is -2.53. The highest BCUT2D eigenvalue weighted by molar-refractivity contribution is 5.35. The highest BCUT2D eigenvalue weighted by atomic mass is 19.4. The Morgan fingerprint density at radius 2 is 1.50 bits per heavy atom. The van der Waals surface area contributed by atoms with Crippen LogP contribution < -0.4 is 0 Å². The minimum absolute atomic E-state index is 0.263. The van der Waals surface area contributed by atoms with Crippen molar-refractivity contribution in [1.29, 1.82) is 10.5 Å². The molecular formula is C19H17F3N2. The summed E-state index contributed by atoms with van der Waals surface area (Å²) in [6.07, 6.45) is 5.65. The second kappa shape index (κ2) is 7.36. The van der Waals surface area contributed by atoms with Crippen LogP contribution in [-0.4, -0.2) is 0 Å². The average Bonchev–Trinajstić information content (AvgIpc) is 2.58. The minimum Gasteiger partial charge on any atom is -0.197 e. The third-order valence-corrected chi connectivity index (χ3v) is 4.28. The molecule has 0 bridgehead atoms. The molecule has 0 aromatic heterocycles.